The van der Waals surface area contributed by atoms with Gasteiger partial charge in [0.1, 0.15) is 6.07 Å². The van der Waals surface area contributed by atoms with Crippen LogP contribution in [0.15, 0.2) is 12.3 Å². The van der Waals surface area contributed by atoms with Gasteiger partial charge in [-0.05, 0) is 20.0 Å². The van der Waals surface area contributed by atoms with Gasteiger partial charge in [-0.1, -0.05) is 0 Å². The summed E-state index contributed by atoms with van der Waals surface area (Å²) in [4.78, 5) is 0. The minimum atomic E-state index is 0.323. The van der Waals surface area contributed by atoms with E-state index in [2.05, 4.69) is 26.9 Å². The standard InChI is InChI=1S/C9H13N5/c1-7(11-2)6-12-9-8(5-10)3-4-13-14-9/h3-4,7,11H,6H2,1-2H3,(H,12,14). The molecule has 0 aliphatic heterocycles. The second kappa shape index (κ2) is 5.14. The van der Waals surface area contributed by atoms with Crippen molar-refractivity contribution in [2.75, 3.05) is 18.9 Å². The van der Waals surface area contributed by atoms with Crippen molar-refractivity contribution >= 4 is 5.82 Å². The second-order valence-electron chi connectivity index (χ2n) is 2.98. The van der Waals surface area contributed by atoms with Gasteiger partial charge in [0, 0.05) is 12.6 Å². The largest absolute Gasteiger partial charge is 0.366 e. The van der Waals surface area contributed by atoms with Gasteiger partial charge in [0.2, 0.25) is 0 Å². The predicted octanol–water partition coefficient (Wildman–Crippen LogP) is 0.368. The van der Waals surface area contributed by atoms with E-state index >= 15 is 0 Å². The molecule has 0 amide bonds. The van der Waals surface area contributed by atoms with Crippen LogP contribution in [-0.4, -0.2) is 29.8 Å². The number of rotatable bonds is 4. The van der Waals surface area contributed by atoms with Crippen LogP contribution in [0.3, 0.4) is 0 Å². The Morgan fingerprint density at radius 1 is 1.64 bits per heavy atom. The van der Waals surface area contributed by atoms with Gasteiger partial charge in [-0.25, -0.2) is 0 Å². The van der Waals surface area contributed by atoms with E-state index in [1.165, 1.54) is 6.20 Å². The van der Waals surface area contributed by atoms with Crippen molar-refractivity contribution < 1.29 is 0 Å². The maximum Gasteiger partial charge on any atom is 0.166 e. The zero-order chi connectivity index (χ0) is 10.4. The lowest BCUT2D eigenvalue weighted by Crippen LogP contribution is -2.29. The first-order valence-electron chi connectivity index (χ1n) is 4.41. The number of hydrogen-bond donors (Lipinski definition) is 2. The van der Waals surface area contributed by atoms with Crippen molar-refractivity contribution in [1.82, 2.24) is 15.5 Å². The Kier molecular flexibility index (Phi) is 3.83. The fraction of sp³-hybridized carbons (Fsp3) is 0.444. The summed E-state index contributed by atoms with van der Waals surface area (Å²) in [6, 6.07) is 4.01. The Hall–Kier alpha value is -1.67. The van der Waals surface area contributed by atoms with Crippen LogP contribution in [0.25, 0.3) is 0 Å². The first-order valence-corrected chi connectivity index (χ1v) is 4.41. The van der Waals surface area contributed by atoms with Gasteiger partial charge < -0.3 is 10.6 Å². The average Bonchev–Trinajstić information content (AvgIpc) is 2.26. The summed E-state index contributed by atoms with van der Waals surface area (Å²) in [6.07, 6.45) is 1.51. The van der Waals surface area contributed by atoms with Crippen LogP contribution < -0.4 is 10.6 Å². The van der Waals surface area contributed by atoms with Crippen molar-refractivity contribution in [2.45, 2.75) is 13.0 Å². The van der Waals surface area contributed by atoms with Crippen molar-refractivity contribution in [1.29, 1.82) is 5.26 Å². The normalized spacial score (nSPS) is 11.8. The smallest absolute Gasteiger partial charge is 0.166 e. The van der Waals surface area contributed by atoms with Crippen LogP contribution in [0.2, 0.25) is 0 Å². The van der Waals surface area contributed by atoms with E-state index < -0.39 is 0 Å². The van der Waals surface area contributed by atoms with Gasteiger partial charge in [0.05, 0.1) is 11.8 Å². The van der Waals surface area contributed by atoms with Crippen molar-refractivity contribution in [2.24, 2.45) is 0 Å². The molecule has 1 heterocycles. The number of nitrogens with one attached hydrogen (secondary N) is 2. The van der Waals surface area contributed by atoms with Crippen LogP contribution in [0, 0.1) is 11.3 Å². The fourth-order valence-electron chi connectivity index (χ4n) is 0.904. The fourth-order valence-corrected chi connectivity index (χ4v) is 0.904. The first-order chi connectivity index (χ1) is 6.77. The molecule has 1 atom stereocenters. The van der Waals surface area contributed by atoms with E-state index in [-0.39, 0.29) is 0 Å². The molecule has 0 aliphatic carbocycles. The summed E-state index contributed by atoms with van der Waals surface area (Å²) in [5.41, 5.74) is 0.517. The number of hydrogen-bond acceptors (Lipinski definition) is 5. The van der Waals surface area contributed by atoms with Crippen molar-refractivity contribution in [3.05, 3.63) is 17.8 Å². The molecule has 0 fully saturated rings. The van der Waals surface area contributed by atoms with E-state index in [0.717, 1.165) is 0 Å². The van der Waals surface area contributed by atoms with E-state index in [1.807, 2.05) is 14.0 Å². The lowest BCUT2D eigenvalue weighted by Gasteiger charge is -2.11. The van der Waals surface area contributed by atoms with Gasteiger partial charge in [0.25, 0.3) is 0 Å². The molecule has 0 aliphatic rings. The monoisotopic (exact) mass is 191 g/mol. The molecule has 5 heteroatoms. The zero-order valence-corrected chi connectivity index (χ0v) is 8.28. The first kappa shape index (κ1) is 10.4. The second-order valence-corrected chi connectivity index (χ2v) is 2.98. The molecule has 5 nitrogen and oxygen atoms in total. The summed E-state index contributed by atoms with van der Waals surface area (Å²) in [7, 11) is 1.88. The van der Waals surface area contributed by atoms with Crippen LogP contribution in [0.4, 0.5) is 5.82 Å². The van der Waals surface area contributed by atoms with E-state index in [0.29, 0.717) is 24.0 Å². The Bertz CT molecular complexity index is 330. The van der Waals surface area contributed by atoms with E-state index in [1.54, 1.807) is 6.07 Å². The van der Waals surface area contributed by atoms with Crippen molar-refractivity contribution in [3.8, 4) is 6.07 Å². The molecule has 1 unspecified atom stereocenters. The minimum Gasteiger partial charge on any atom is -0.366 e. The maximum atomic E-state index is 8.77. The van der Waals surface area contributed by atoms with Crippen LogP contribution >= 0.6 is 0 Å². The summed E-state index contributed by atoms with van der Waals surface area (Å²) < 4.78 is 0. The highest BCUT2D eigenvalue weighted by molar-refractivity contribution is 5.50. The van der Waals surface area contributed by atoms with Gasteiger partial charge in [-0.2, -0.15) is 10.4 Å². The lowest BCUT2D eigenvalue weighted by atomic mass is 10.3. The number of aromatic nitrogens is 2. The molecule has 0 spiro atoms. The number of anilines is 1. The third-order valence-corrected chi connectivity index (χ3v) is 1.91. The molecular weight excluding hydrogens is 178 g/mol. The van der Waals surface area contributed by atoms with Gasteiger partial charge in [-0.3, -0.25) is 0 Å². The molecule has 0 aromatic carbocycles. The molecular formula is C9H13N5. The van der Waals surface area contributed by atoms with Gasteiger partial charge in [0.15, 0.2) is 5.82 Å². The molecule has 1 rings (SSSR count). The summed E-state index contributed by atoms with van der Waals surface area (Å²) in [6.45, 7) is 2.75. The van der Waals surface area contributed by atoms with Crippen LogP contribution in [0.1, 0.15) is 12.5 Å². The molecule has 14 heavy (non-hydrogen) atoms. The van der Waals surface area contributed by atoms with E-state index in [4.69, 9.17) is 5.26 Å². The summed E-state index contributed by atoms with van der Waals surface area (Å²) in [5, 5.41) is 22.5. The topological polar surface area (TPSA) is 73.6 Å². The highest BCUT2D eigenvalue weighted by Gasteiger charge is 2.03. The third kappa shape index (κ3) is 2.68. The average molecular weight is 191 g/mol. The van der Waals surface area contributed by atoms with Gasteiger partial charge in [-0.15, -0.1) is 5.10 Å². The molecule has 1 aromatic heterocycles. The highest BCUT2D eigenvalue weighted by atomic mass is 15.2. The third-order valence-electron chi connectivity index (χ3n) is 1.91. The summed E-state index contributed by atoms with van der Waals surface area (Å²) in [5.74, 6) is 0.539. The Labute approximate surface area is 83.2 Å². The van der Waals surface area contributed by atoms with Crippen LogP contribution in [-0.2, 0) is 0 Å². The summed E-state index contributed by atoms with van der Waals surface area (Å²) >= 11 is 0. The highest BCUT2D eigenvalue weighted by Crippen LogP contribution is 2.07. The molecule has 74 valence electrons. The molecule has 0 saturated carbocycles. The van der Waals surface area contributed by atoms with E-state index in [9.17, 15) is 0 Å². The number of nitriles is 1. The zero-order valence-electron chi connectivity index (χ0n) is 8.28. The SMILES string of the molecule is CNC(C)CNc1nnccc1C#N. The van der Waals surface area contributed by atoms with Gasteiger partial charge >= 0.3 is 0 Å². The Balaban J connectivity index is 2.63. The molecule has 0 saturated heterocycles. The Morgan fingerprint density at radius 3 is 3.07 bits per heavy atom. The Morgan fingerprint density at radius 2 is 2.43 bits per heavy atom. The lowest BCUT2D eigenvalue weighted by molar-refractivity contribution is 0.636. The predicted molar refractivity (Wildman–Crippen MR) is 53.8 cm³/mol. The number of likely N-dealkylation sites (N-methyl/N-ethyl adjacent to an activating group) is 1. The molecule has 0 bridgehead atoms. The molecule has 1 aromatic rings. The minimum absolute atomic E-state index is 0.323. The van der Waals surface area contributed by atoms with Crippen molar-refractivity contribution in [3.63, 3.8) is 0 Å². The quantitative estimate of drug-likeness (QED) is 0.719. The molecule has 0 radical (unpaired) electrons. The molecule has 2 N–H and O–H groups in total. The number of nitrogens with zero attached hydrogens (tertiary/aromatic N) is 3. The maximum absolute atomic E-state index is 8.77. The van der Waals surface area contributed by atoms with Crippen LogP contribution in [0.5, 0.6) is 0 Å².